The van der Waals surface area contributed by atoms with E-state index in [0.29, 0.717) is 19.0 Å². The van der Waals surface area contributed by atoms with Crippen molar-refractivity contribution in [3.63, 3.8) is 0 Å². The number of amides is 1. The molecule has 18 heavy (non-hydrogen) atoms. The number of hydrogen-bond acceptors (Lipinski definition) is 3. The van der Waals surface area contributed by atoms with E-state index in [9.17, 15) is 4.79 Å². The summed E-state index contributed by atoms with van der Waals surface area (Å²) < 4.78 is 10.8. The molecular formula is C14H19NO3. The van der Waals surface area contributed by atoms with E-state index in [1.165, 1.54) is 0 Å². The van der Waals surface area contributed by atoms with Crippen LogP contribution in [0.4, 0.5) is 5.69 Å². The van der Waals surface area contributed by atoms with E-state index in [1.54, 1.807) is 0 Å². The molecule has 4 heteroatoms. The first kappa shape index (κ1) is 12.9. The van der Waals surface area contributed by atoms with Gasteiger partial charge in [-0.05, 0) is 31.9 Å². The molecule has 1 heterocycles. The van der Waals surface area contributed by atoms with Gasteiger partial charge in [0.25, 0.3) is 0 Å². The second kappa shape index (κ2) is 6.40. The van der Waals surface area contributed by atoms with E-state index in [4.69, 9.17) is 9.47 Å². The van der Waals surface area contributed by atoms with Crippen LogP contribution in [-0.4, -0.2) is 25.7 Å². The van der Waals surface area contributed by atoms with Crippen LogP contribution in [0.25, 0.3) is 0 Å². The summed E-state index contributed by atoms with van der Waals surface area (Å²) in [6.45, 7) is 3.79. The molecule has 4 nitrogen and oxygen atoms in total. The zero-order valence-corrected chi connectivity index (χ0v) is 10.6. The largest absolute Gasteiger partial charge is 0.492 e. The maximum absolute atomic E-state index is 12.1. The molecule has 0 aliphatic carbocycles. The summed E-state index contributed by atoms with van der Waals surface area (Å²) in [7, 11) is 0. The van der Waals surface area contributed by atoms with Crippen molar-refractivity contribution in [3.8, 4) is 5.75 Å². The van der Waals surface area contributed by atoms with Gasteiger partial charge in [-0.15, -0.1) is 0 Å². The fraction of sp³-hybridized carbons (Fsp3) is 0.500. The molecule has 2 rings (SSSR count). The van der Waals surface area contributed by atoms with Crippen LogP contribution in [0.1, 0.15) is 19.8 Å². The number of carbonyl (C=O) groups is 1. The second-order valence-electron chi connectivity index (χ2n) is 4.33. The van der Waals surface area contributed by atoms with E-state index >= 15 is 0 Å². The van der Waals surface area contributed by atoms with E-state index in [0.717, 1.165) is 25.1 Å². The molecule has 1 aromatic carbocycles. The minimum Gasteiger partial charge on any atom is -0.492 e. The lowest BCUT2D eigenvalue weighted by molar-refractivity contribution is -0.123. The van der Waals surface area contributed by atoms with Gasteiger partial charge in [-0.1, -0.05) is 12.1 Å². The number of carbonyl (C=O) groups excluding carboxylic acids is 1. The number of para-hydroxylation sites is 2. The summed E-state index contributed by atoms with van der Waals surface area (Å²) in [5.74, 6) is 0.681. The Bertz CT molecular complexity index is 400. The molecule has 98 valence electrons. The summed E-state index contributed by atoms with van der Waals surface area (Å²) in [5.41, 5.74) is 0.731. The highest BCUT2D eigenvalue weighted by Crippen LogP contribution is 2.25. The highest BCUT2D eigenvalue weighted by atomic mass is 16.5. The smallest absolute Gasteiger partial charge is 0.229 e. The summed E-state index contributed by atoms with van der Waals surface area (Å²) in [4.78, 5) is 12.1. The minimum absolute atomic E-state index is 0.0156. The van der Waals surface area contributed by atoms with Crippen LogP contribution in [-0.2, 0) is 9.53 Å². The molecule has 0 radical (unpaired) electrons. The van der Waals surface area contributed by atoms with Crippen LogP contribution in [0, 0.1) is 5.92 Å². The number of nitrogens with one attached hydrogen (secondary N) is 1. The van der Waals surface area contributed by atoms with Crippen LogP contribution < -0.4 is 10.1 Å². The Kier molecular flexibility index (Phi) is 4.59. The Morgan fingerprint density at radius 3 is 3.06 bits per heavy atom. The van der Waals surface area contributed by atoms with Crippen molar-refractivity contribution in [2.45, 2.75) is 19.8 Å². The highest BCUT2D eigenvalue weighted by molar-refractivity contribution is 5.94. The summed E-state index contributed by atoms with van der Waals surface area (Å²) in [5, 5.41) is 2.92. The topological polar surface area (TPSA) is 47.6 Å². The predicted octanol–water partition coefficient (Wildman–Crippen LogP) is 2.45. The molecule has 1 amide bonds. The Labute approximate surface area is 107 Å². The molecule has 1 aliphatic rings. The number of anilines is 1. The summed E-state index contributed by atoms with van der Waals surface area (Å²) >= 11 is 0. The van der Waals surface area contributed by atoms with Crippen molar-refractivity contribution in [1.82, 2.24) is 0 Å². The quantitative estimate of drug-likeness (QED) is 0.891. The summed E-state index contributed by atoms with van der Waals surface area (Å²) in [6, 6.07) is 7.49. The first-order chi connectivity index (χ1) is 8.81. The van der Waals surface area contributed by atoms with Gasteiger partial charge in [-0.2, -0.15) is 0 Å². The zero-order chi connectivity index (χ0) is 12.8. The van der Waals surface area contributed by atoms with Crippen LogP contribution >= 0.6 is 0 Å². The van der Waals surface area contributed by atoms with Gasteiger partial charge in [0.1, 0.15) is 5.75 Å². The Morgan fingerprint density at radius 2 is 2.33 bits per heavy atom. The van der Waals surface area contributed by atoms with Crippen molar-refractivity contribution < 1.29 is 14.3 Å². The van der Waals surface area contributed by atoms with Gasteiger partial charge < -0.3 is 14.8 Å². The molecule has 0 aromatic heterocycles. The van der Waals surface area contributed by atoms with E-state index in [2.05, 4.69) is 5.32 Å². The number of rotatable bonds is 4. The lowest BCUT2D eigenvalue weighted by atomic mass is 10.0. The van der Waals surface area contributed by atoms with Crippen LogP contribution in [0.3, 0.4) is 0 Å². The predicted molar refractivity (Wildman–Crippen MR) is 69.8 cm³/mol. The van der Waals surface area contributed by atoms with Crippen molar-refractivity contribution in [2.24, 2.45) is 5.92 Å². The number of hydrogen-bond donors (Lipinski definition) is 1. The van der Waals surface area contributed by atoms with Crippen LogP contribution in [0.2, 0.25) is 0 Å². The van der Waals surface area contributed by atoms with Gasteiger partial charge >= 0.3 is 0 Å². The SMILES string of the molecule is CCOc1ccccc1NC(=O)C1CCCOC1. The second-order valence-corrected chi connectivity index (χ2v) is 4.33. The average Bonchev–Trinajstić information content (AvgIpc) is 2.42. The van der Waals surface area contributed by atoms with Crippen LogP contribution in [0.5, 0.6) is 5.75 Å². The monoisotopic (exact) mass is 249 g/mol. The van der Waals surface area contributed by atoms with Crippen LogP contribution in [0.15, 0.2) is 24.3 Å². The van der Waals surface area contributed by atoms with Crippen molar-refractivity contribution >= 4 is 11.6 Å². The standard InChI is InChI=1S/C14H19NO3/c1-2-18-13-8-4-3-7-12(13)15-14(16)11-6-5-9-17-10-11/h3-4,7-8,11H,2,5-6,9-10H2,1H3,(H,15,16). The molecule has 1 atom stereocenters. The molecule has 1 aliphatic heterocycles. The van der Waals surface area contributed by atoms with E-state index < -0.39 is 0 Å². The molecule has 0 saturated carbocycles. The fourth-order valence-electron chi connectivity index (χ4n) is 2.03. The Hall–Kier alpha value is -1.55. The van der Waals surface area contributed by atoms with Gasteiger partial charge in [0, 0.05) is 6.61 Å². The maximum Gasteiger partial charge on any atom is 0.229 e. The molecule has 1 unspecified atom stereocenters. The van der Waals surface area contributed by atoms with Crippen molar-refractivity contribution in [2.75, 3.05) is 25.1 Å². The molecule has 0 bridgehead atoms. The van der Waals surface area contributed by atoms with E-state index in [1.807, 2.05) is 31.2 Å². The van der Waals surface area contributed by atoms with E-state index in [-0.39, 0.29) is 11.8 Å². The average molecular weight is 249 g/mol. The molecule has 1 N–H and O–H groups in total. The first-order valence-electron chi connectivity index (χ1n) is 6.41. The molecule has 0 spiro atoms. The zero-order valence-electron chi connectivity index (χ0n) is 10.6. The lowest BCUT2D eigenvalue weighted by Gasteiger charge is -2.21. The lowest BCUT2D eigenvalue weighted by Crippen LogP contribution is -2.30. The number of benzene rings is 1. The third-order valence-electron chi connectivity index (χ3n) is 2.98. The van der Waals surface area contributed by atoms with Gasteiger partial charge in [0.2, 0.25) is 5.91 Å². The molecule has 1 saturated heterocycles. The Balaban J connectivity index is 2.01. The molecule has 1 aromatic rings. The maximum atomic E-state index is 12.1. The highest BCUT2D eigenvalue weighted by Gasteiger charge is 2.22. The number of ether oxygens (including phenoxy) is 2. The van der Waals surface area contributed by atoms with Crippen molar-refractivity contribution in [3.05, 3.63) is 24.3 Å². The van der Waals surface area contributed by atoms with Gasteiger partial charge in [-0.25, -0.2) is 0 Å². The van der Waals surface area contributed by atoms with Gasteiger partial charge in [0.05, 0.1) is 24.8 Å². The molecule has 1 fully saturated rings. The third kappa shape index (κ3) is 3.23. The van der Waals surface area contributed by atoms with Gasteiger partial charge in [0.15, 0.2) is 0 Å². The Morgan fingerprint density at radius 1 is 1.50 bits per heavy atom. The minimum atomic E-state index is -0.0477. The van der Waals surface area contributed by atoms with Gasteiger partial charge in [-0.3, -0.25) is 4.79 Å². The normalized spacial score (nSPS) is 19.3. The molecular weight excluding hydrogens is 230 g/mol. The third-order valence-corrected chi connectivity index (χ3v) is 2.98. The fourth-order valence-corrected chi connectivity index (χ4v) is 2.03. The van der Waals surface area contributed by atoms with Crippen molar-refractivity contribution in [1.29, 1.82) is 0 Å². The summed E-state index contributed by atoms with van der Waals surface area (Å²) in [6.07, 6.45) is 1.84. The first-order valence-corrected chi connectivity index (χ1v) is 6.41.